The lowest BCUT2D eigenvalue weighted by Gasteiger charge is -2.02. The fourth-order valence-corrected chi connectivity index (χ4v) is 0.701. The maximum Gasteiger partial charge on any atom is 0.342 e. The van der Waals surface area contributed by atoms with Crippen molar-refractivity contribution < 1.29 is 34.1 Å². The summed E-state index contributed by atoms with van der Waals surface area (Å²) in [5.41, 5.74) is 0. The Hall–Kier alpha value is -2.48. The van der Waals surface area contributed by atoms with Gasteiger partial charge in [0.05, 0.1) is 0 Å². The number of carboxylic acids is 1. The molecule has 0 fully saturated rings. The molecular formula is C13H19NO7. The summed E-state index contributed by atoms with van der Waals surface area (Å²) < 4.78 is 3.98. The molecule has 8 heteroatoms. The first-order valence-electron chi connectivity index (χ1n) is 5.87. The van der Waals surface area contributed by atoms with E-state index in [9.17, 15) is 19.2 Å². The van der Waals surface area contributed by atoms with Gasteiger partial charge in [-0.1, -0.05) is 6.58 Å². The Bertz CT molecular complexity index is 424. The molecule has 0 aliphatic heterocycles. The van der Waals surface area contributed by atoms with Gasteiger partial charge in [-0.2, -0.15) is 0 Å². The summed E-state index contributed by atoms with van der Waals surface area (Å²) in [7, 11) is 0. The van der Waals surface area contributed by atoms with Gasteiger partial charge in [0.2, 0.25) is 5.91 Å². The molecule has 0 saturated heterocycles. The molecule has 0 bridgehead atoms. The molecule has 8 nitrogen and oxygen atoms in total. The topological polar surface area (TPSA) is 130 Å². The van der Waals surface area contributed by atoms with Crippen LogP contribution in [0.5, 0.6) is 0 Å². The Morgan fingerprint density at radius 2 is 1.67 bits per heavy atom. The third-order valence-corrected chi connectivity index (χ3v) is 1.52. The van der Waals surface area contributed by atoms with E-state index in [0.717, 1.165) is 6.92 Å². The van der Waals surface area contributed by atoms with Gasteiger partial charge in [0, 0.05) is 18.2 Å². The van der Waals surface area contributed by atoms with Crippen molar-refractivity contribution in [1.29, 1.82) is 0 Å². The van der Waals surface area contributed by atoms with E-state index in [1.807, 2.05) is 13.8 Å². The smallest absolute Gasteiger partial charge is 0.342 e. The van der Waals surface area contributed by atoms with Crippen molar-refractivity contribution in [3.8, 4) is 0 Å². The van der Waals surface area contributed by atoms with Crippen molar-refractivity contribution >= 4 is 23.8 Å². The molecule has 1 amide bonds. The van der Waals surface area contributed by atoms with Crippen LogP contribution in [0.2, 0.25) is 0 Å². The van der Waals surface area contributed by atoms with Gasteiger partial charge in [0.15, 0.2) is 0 Å². The van der Waals surface area contributed by atoms with E-state index in [2.05, 4.69) is 16.6 Å². The average molecular weight is 301 g/mol. The first kappa shape index (κ1) is 20.8. The van der Waals surface area contributed by atoms with Crippen LogP contribution in [-0.2, 0) is 23.9 Å². The second kappa shape index (κ2) is 11.4. The lowest BCUT2D eigenvalue weighted by atomic mass is 10.4. The van der Waals surface area contributed by atoms with Gasteiger partial charge < -0.3 is 20.3 Å². The van der Waals surface area contributed by atoms with Crippen molar-refractivity contribution in [2.75, 3.05) is 0 Å². The fourth-order valence-electron chi connectivity index (χ4n) is 0.701. The van der Waals surface area contributed by atoms with Gasteiger partial charge >= 0.3 is 17.9 Å². The number of hydrogen-bond donors (Lipinski definition) is 3. The number of aliphatic hydroxyl groups excluding tert-OH is 1. The molecule has 0 aliphatic carbocycles. The van der Waals surface area contributed by atoms with Gasteiger partial charge in [-0.15, -0.1) is 0 Å². The second-order valence-electron chi connectivity index (χ2n) is 3.96. The van der Waals surface area contributed by atoms with Crippen molar-refractivity contribution in [2.24, 2.45) is 0 Å². The summed E-state index contributed by atoms with van der Waals surface area (Å²) in [6, 6.07) is 0.209. The van der Waals surface area contributed by atoms with Crippen molar-refractivity contribution in [1.82, 2.24) is 5.32 Å². The van der Waals surface area contributed by atoms with Crippen molar-refractivity contribution in [2.45, 2.75) is 32.9 Å². The number of ether oxygens (including phenoxy) is 1. The number of carbonyl (C=O) groups excluding carboxylic acids is 3. The molecule has 3 N–H and O–H groups in total. The van der Waals surface area contributed by atoms with Crippen LogP contribution in [0.15, 0.2) is 24.8 Å². The highest BCUT2D eigenvalue weighted by Gasteiger charge is 2.13. The minimum atomic E-state index is -1.41. The molecule has 0 aliphatic rings. The number of aliphatic carboxylic acids is 1. The predicted octanol–water partition coefficient (Wildman–Crippen LogP) is -0.225. The maximum atomic E-state index is 10.6. The van der Waals surface area contributed by atoms with Crippen LogP contribution in [0, 0.1) is 0 Å². The quantitative estimate of drug-likeness (QED) is 0.363. The van der Waals surface area contributed by atoms with Crippen molar-refractivity contribution in [3.63, 3.8) is 0 Å². The number of esters is 2. The van der Waals surface area contributed by atoms with Crippen LogP contribution in [0.4, 0.5) is 0 Å². The number of aliphatic hydroxyl groups is 1. The molecule has 0 aromatic carbocycles. The number of nitrogens with one attached hydrogen (secondary N) is 1. The fraction of sp³-hybridized carbons (Fsp3) is 0.385. The van der Waals surface area contributed by atoms with Crippen LogP contribution >= 0.6 is 0 Å². The van der Waals surface area contributed by atoms with E-state index in [1.54, 1.807) is 0 Å². The highest BCUT2D eigenvalue weighted by atomic mass is 16.6. The number of hydrogen-bond acceptors (Lipinski definition) is 6. The lowest BCUT2D eigenvalue weighted by Crippen LogP contribution is -2.27. The zero-order valence-corrected chi connectivity index (χ0v) is 12.0. The third-order valence-electron chi connectivity index (χ3n) is 1.52. The molecule has 0 spiro atoms. The average Bonchev–Trinajstić information content (AvgIpc) is 2.36. The maximum absolute atomic E-state index is 10.6. The zero-order valence-electron chi connectivity index (χ0n) is 12.0. The van der Waals surface area contributed by atoms with Gasteiger partial charge in [0.1, 0.15) is 6.10 Å². The summed E-state index contributed by atoms with van der Waals surface area (Å²) in [6.07, 6.45) is 0.947. The van der Waals surface area contributed by atoms with Gasteiger partial charge in [0.25, 0.3) is 0 Å². The number of carboxylic acid groups (broad SMARTS) is 1. The Morgan fingerprint density at radius 1 is 1.14 bits per heavy atom. The molecule has 0 saturated carbocycles. The summed E-state index contributed by atoms with van der Waals surface area (Å²) in [4.78, 5) is 41.4. The Kier molecular flexibility index (Phi) is 11.3. The zero-order chi connectivity index (χ0) is 17.0. The van der Waals surface area contributed by atoms with E-state index in [1.165, 1.54) is 6.08 Å². The van der Waals surface area contributed by atoms with Gasteiger partial charge in [-0.05, 0) is 26.8 Å². The molecule has 118 valence electrons. The van der Waals surface area contributed by atoms with Crippen LogP contribution < -0.4 is 5.32 Å². The molecule has 0 rings (SSSR count). The van der Waals surface area contributed by atoms with Crippen LogP contribution in [-0.4, -0.2) is 46.2 Å². The number of amides is 1. The van der Waals surface area contributed by atoms with E-state index < -0.39 is 24.0 Å². The number of rotatable bonds is 5. The molecule has 0 heterocycles. The summed E-state index contributed by atoms with van der Waals surface area (Å²) in [6.45, 7) is 8.23. The summed E-state index contributed by atoms with van der Waals surface area (Å²) in [5.74, 6) is -3.70. The monoisotopic (exact) mass is 301 g/mol. The Balaban J connectivity index is 0. The summed E-state index contributed by atoms with van der Waals surface area (Å²) in [5, 5.41) is 19.3. The third kappa shape index (κ3) is 15.5. The normalized spacial score (nSPS) is 11.1. The van der Waals surface area contributed by atoms with Crippen molar-refractivity contribution in [3.05, 3.63) is 24.8 Å². The SMILES string of the molecule is C=CC(=O)NC(C)C.CC(O)C(=O)OC(=O)/C=C\C(=O)O. The molecule has 1 unspecified atom stereocenters. The minimum Gasteiger partial charge on any atom is -0.478 e. The molecule has 21 heavy (non-hydrogen) atoms. The summed E-state index contributed by atoms with van der Waals surface area (Å²) >= 11 is 0. The van der Waals surface area contributed by atoms with Crippen LogP contribution in [0.1, 0.15) is 20.8 Å². The highest BCUT2D eigenvalue weighted by molar-refractivity contribution is 5.96. The minimum absolute atomic E-state index is 0.111. The predicted molar refractivity (Wildman–Crippen MR) is 73.0 cm³/mol. The molecular weight excluding hydrogens is 282 g/mol. The molecule has 0 radical (unpaired) electrons. The van der Waals surface area contributed by atoms with E-state index in [-0.39, 0.29) is 11.9 Å². The molecule has 1 atom stereocenters. The lowest BCUT2D eigenvalue weighted by molar-refractivity contribution is -0.162. The Labute approximate surface area is 122 Å². The standard InChI is InChI=1S/C7H8O6.C6H11NO/c1-4(8)7(12)13-6(11)3-2-5(9)10;1-4-6(8)7-5(2)3/h2-4,8H,1H3,(H,9,10);4-5H,1H2,2-3H3,(H,7,8)/b3-2-;. The highest BCUT2D eigenvalue weighted by Crippen LogP contribution is 1.89. The van der Waals surface area contributed by atoms with Gasteiger partial charge in [-0.25, -0.2) is 14.4 Å². The van der Waals surface area contributed by atoms with E-state index in [4.69, 9.17) is 10.2 Å². The first-order valence-corrected chi connectivity index (χ1v) is 5.87. The van der Waals surface area contributed by atoms with E-state index >= 15 is 0 Å². The largest absolute Gasteiger partial charge is 0.478 e. The number of carbonyl (C=O) groups is 4. The second-order valence-corrected chi connectivity index (χ2v) is 3.96. The van der Waals surface area contributed by atoms with Crippen LogP contribution in [0.25, 0.3) is 0 Å². The first-order chi connectivity index (χ1) is 9.59. The van der Waals surface area contributed by atoms with E-state index in [0.29, 0.717) is 12.2 Å². The van der Waals surface area contributed by atoms with Gasteiger partial charge in [-0.3, -0.25) is 4.79 Å². The molecule has 0 aromatic rings. The Morgan fingerprint density at radius 3 is 1.95 bits per heavy atom. The molecule has 0 aromatic heterocycles. The van der Waals surface area contributed by atoms with Crippen LogP contribution in [0.3, 0.4) is 0 Å².